The minimum atomic E-state index is -1.04. The van der Waals surface area contributed by atoms with Crippen molar-refractivity contribution in [3.63, 3.8) is 0 Å². The Kier molecular flexibility index (Phi) is 4.77. The van der Waals surface area contributed by atoms with Crippen molar-refractivity contribution in [1.82, 2.24) is 9.97 Å². The maximum absolute atomic E-state index is 10.5. The normalized spacial score (nSPS) is 11.1. The largest absolute Gasteiger partial charge is 0.478 e. The smallest absolute Gasteiger partial charge is 0.328 e. The van der Waals surface area contributed by atoms with Gasteiger partial charge in [0.25, 0.3) is 0 Å². The van der Waals surface area contributed by atoms with Gasteiger partial charge in [-0.2, -0.15) is 0 Å². The summed E-state index contributed by atoms with van der Waals surface area (Å²) in [6.45, 7) is 0. The van der Waals surface area contributed by atoms with Crippen molar-refractivity contribution >= 4 is 24.1 Å². The SMILES string of the molecule is O=C(O)/C=C/c1cncc(-c2cc(/C=C/C(=O)O)ccn2)c1. The lowest BCUT2D eigenvalue weighted by molar-refractivity contribution is -0.132. The van der Waals surface area contributed by atoms with Crippen LogP contribution in [0.2, 0.25) is 0 Å². The van der Waals surface area contributed by atoms with E-state index in [1.54, 1.807) is 30.6 Å². The number of pyridine rings is 2. The number of carboxylic acid groups (broad SMARTS) is 2. The number of hydrogen-bond acceptors (Lipinski definition) is 4. The second-order valence-electron chi connectivity index (χ2n) is 4.32. The number of nitrogens with zero attached hydrogens (tertiary/aromatic N) is 2. The van der Waals surface area contributed by atoms with Crippen LogP contribution in [0.1, 0.15) is 11.1 Å². The first kappa shape index (κ1) is 15.1. The summed E-state index contributed by atoms with van der Waals surface area (Å²) in [6.07, 6.45) is 9.69. The minimum Gasteiger partial charge on any atom is -0.478 e. The average Bonchev–Trinajstić information content (AvgIpc) is 2.51. The van der Waals surface area contributed by atoms with E-state index in [4.69, 9.17) is 10.2 Å². The summed E-state index contributed by atoms with van der Waals surface area (Å²) in [5, 5.41) is 17.3. The fourth-order valence-corrected chi connectivity index (χ4v) is 1.73. The zero-order valence-corrected chi connectivity index (χ0v) is 11.4. The minimum absolute atomic E-state index is 0.616. The van der Waals surface area contributed by atoms with E-state index in [2.05, 4.69) is 9.97 Å². The van der Waals surface area contributed by atoms with Crippen molar-refractivity contribution in [3.8, 4) is 11.3 Å². The van der Waals surface area contributed by atoms with E-state index < -0.39 is 11.9 Å². The number of aromatic nitrogens is 2. The second kappa shape index (κ2) is 6.94. The van der Waals surface area contributed by atoms with Gasteiger partial charge in [0.05, 0.1) is 5.69 Å². The van der Waals surface area contributed by atoms with Gasteiger partial charge >= 0.3 is 11.9 Å². The van der Waals surface area contributed by atoms with E-state index in [1.165, 1.54) is 18.3 Å². The van der Waals surface area contributed by atoms with Gasteiger partial charge in [-0.25, -0.2) is 9.59 Å². The number of rotatable bonds is 5. The molecule has 6 heteroatoms. The maximum Gasteiger partial charge on any atom is 0.328 e. The van der Waals surface area contributed by atoms with Crippen LogP contribution in [0.5, 0.6) is 0 Å². The summed E-state index contributed by atoms with van der Waals surface area (Å²) < 4.78 is 0. The molecule has 22 heavy (non-hydrogen) atoms. The molecule has 2 aromatic rings. The highest BCUT2D eigenvalue weighted by molar-refractivity contribution is 5.86. The molecule has 2 rings (SSSR count). The lowest BCUT2D eigenvalue weighted by atomic mass is 10.1. The van der Waals surface area contributed by atoms with Gasteiger partial charge in [0, 0.05) is 36.3 Å². The highest BCUT2D eigenvalue weighted by Gasteiger charge is 2.02. The molecule has 0 radical (unpaired) electrons. The molecule has 6 nitrogen and oxygen atoms in total. The molecular weight excluding hydrogens is 284 g/mol. The van der Waals surface area contributed by atoms with Crippen LogP contribution in [0.15, 0.2) is 48.9 Å². The van der Waals surface area contributed by atoms with Crippen LogP contribution in [-0.2, 0) is 9.59 Å². The molecule has 2 aromatic heterocycles. The standard InChI is InChI=1S/C16H12N2O4/c19-15(20)3-1-11-5-6-18-14(8-11)13-7-12(9-17-10-13)2-4-16(21)22/h1-10H,(H,19,20)(H,21,22)/b3-1+,4-2+. The summed E-state index contributed by atoms with van der Waals surface area (Å²) in [7, 11) is 0. The molecule has 2 heterocycles. The first-order valence-electron chi connectivity index (χ1n) is 6.28. The van der Waals surface area contributed by atoms with Crippen molar-refractivity contribution < 1.29 is 19.8 Å². The van der Waals surface area contributed by atoms with Crippen molar-refractivity contribution in [2.24, 2.45) is 0 Å². The predicted octanol–water partition coefficient (Wildman–Crippen LogP) is 2.34. The maximum atomic E-state index is 10.5. The fourth-order valence-electron chi connectivity index (χ4n) is 1.73. The summed E-state index contributed by atoms with van der Waals surface area (Å²) in [5.41, 5.74) is 2.65. The average molecular weight is 296 g/mol. The lowest BCUT2D eigenvalue weighted by Gasteiger charge is -2.03. The molecule has 2 N–H and O–H groups in total. The number of carboxylic acids is 2. The van der Waals surface area contributed by atoms with Crippen molar-refractivity contribution in [1.29, 1.82) is 0 Å². The Morgan fingerprint density at radius 1 is 0.955 bits per heavy atom. The van der Waals surface area contributed by atoms with Crippen LogP contribution in [0.4, 0.5) is 0 Å². The zero-order valence-electron chi connectivity index (χ0n) is 11.4. The van der Waals surface area contributed by atoms with Gasteiger partial charge in [0.2, 0.25) is 0 Å². The Morgan fingerprint density at radius 2 is 1.64 bits per heavy atom. The monoisotopic (exact) mass is 296 g/mol. The molecule has 0 aromatic carbocycles. The Hall–Kier alpha value is -3.28. The van der Waals surface area contributed by atoms with Gasteiger partial charge in [-0.3, -0.25) is 9.97 Å². The molecule has 0 saturated carbocycles. The molecule has 0 aliphatic heterocycles. The third kappa shape index (κ3) is 4.38. The first-order chi connectivity index (χ1) is 10.5. The van der Waals surface area contributed by atoms with Crippen LogP contribution >= 0.6 is 0 Å². The lowest BCUT2D eigenvalue weighted by Crippen LogP contribution is -1.89. The molecule has 110 valence electrons. The van der Waals surface area contributed by atoms with E-state index in [0.29, 0.717) is 22.4 Å². The Bertz CT molecular complexity index is 701. The predicted molar refractivity (Wildman–Crippen MR) is 80.8 cm³/mol. The van der Waals surface area contributed by atoms with Crippen molar-refractivity contribution in [2.45, 2.75) is 0 Å². The Morgan fingerprint density at radius 3 is 2.32 bits per heavy atom. The third-order valence-electron chi connectivity index (χ3n) is 2.68. The molecule has 0 aliphatic rings. The van der Waals surface area contributed by atoms with Gasteiger partial charge in [-0.1, -0.05) is 0 Å². The molecular formula is C16H12N2O4. The summed E-state index contributed by atoms with van der Waals surface area (Å²) in [6, 6.07) is 5.16. The molecule has 0 spiro atoms. The van der Waals surface area contributed by atoms with Crippen LogP contribution in [0, 0.1) is 0 Å². The molecule has 0 atom stereocenters. The summed E-state index contributed by atoms with van der Waals surface area (Å²) >= 11 is 0. The van der Waals surface area contributed by atoms with E-state index in [9.17, 15) is 9.59 Å². The Labute approximate surface area is 126 Å². The molecule has 0 unspecified atom stereocenters. The summed E-state index contributed by atoms with van der Waals surface area (Å²) in [5.74, 6) is -2.06. The van der Waals surface area contributed by atoms with Gasteiger partial charge in [-0.05, 0) is 41.5 Å². The van der Waals surface area contributed by atoms with Gasteiger partial charge < -0.3 is 10.2 Å². The highest BCUT2D eigenvalue weighted by atomic mass is 16.4. The zero-order chi connectivity index (χ0) is 15.9. The molecule has 0 fully saturated rings. The van der Waals surface area contributed by atoms with E-state index in [-0.39, 0.29) is 0 Å². The molecule has 0 saturated heterocycles. The van der Waals surface area contributed by atoms with Gasteiger partial charge in [0.1, 0.15) is 0 Å². The van der Waals surface area contributed by atoms with Gasteiger partial charge in [-0.15, -0.1) is 0 Å². The van der Waals surface area contributed by atoms with E-state index in [1.807, 2.05) is 0 Å². The topological polar surface area (TPSA) is 100 Å². The highest BCUT2D eigenvalue weighted by Crippen LogP contribution is 2.19. The van der Waals surface area contributed by atoms with Crippen LogP contribution in [-0.4, -0.2) is 32.1 Å². The van der Waals surface area contributed by atoms with Crippen molar-refractivity contribution in [3.05, 3.63) is 60.1 Å². The quantitative estimate of drug-likeness (QED) is 0.821. The summed E-state index contributed by atoms with van der Waals surface area (Å²) in [4.78, 5) is 29.3. The van der Waals surface area contributed by atoms with E-state index >= 15 is 0 Å². The van der Waals surface area contributed by atoms with Crippen LogP contribution in [0.3, 0.4) is 0 Å². The molecule has 0 amide bonds. The van der Waals surface area contributed by atoms with Crippen molar-refractivity contribution in [2.75, 3.05) is 0 Å². The number of hydrogen-bond donors (Lipinski definition) is 2. The molecule has 0 bridgehead atoms. The van der Waals surface area contributed by atoms with Crippen LogP contribution < -0.4 is 0 Å². The third-order valence-corrected chi connectivity index (χ3v) is 2.68. The number of carbonyl (C=O) groups is 2. The molecule has 0 aliphatic carbocycles. The van der Waals surface area contributed by atoms with Crippen LogP contribution in [0.25, 0.3) is 23.4 Å². The number of aliphatic carboxylic acids is 2. The van der Waals surface area contributed by atoms with E-state index in [0.717, 1.165) is 12.2 Å². The first-order valence-corrected chi connectivity index (χ1v) is 6.28. The fraction of sp³-hybridized carbons (Fsp3) is 0. The van der Waals surface area contributed by atoms with Gasteiger partial charge in [0.15, 0.2) is 0 Å². The second-order valence-corrected chi connectivity index (χ2v) is 4.32. The Balaban J connectivity index is 2.32.